The van der Waals surface area contributed by atoms with Crippen LogP contribution in [0.4, 0.5) is 0 Å². The normalized spacial score (nSPS) is 11.5. The van der Waals surface area contributed by atoms with Crippen LogP contribution in [0, 0.1) is 6.92 Å². The lowest BCUT2D eigenvalue weighted by molar-refractivity contribution is -0.137. The quantitative estimate of drug-likeness (QED) is 0.796. The smallest absolute Gasteiger partial charge is 0.303 e. The molecule has 0 aliphatic rings. The number of benzene rings is 1. The highest BCUT2D eigenvalue weighted by Gasteiger charge is 2.16. The van der Waals surface area contributed by atoms with Gasteiger partial charge in [0.15, 0.2) is 0 Å². The van der Waals surface area contributed by atoms with E-state index in [1.165, 1.54) is 10.2 Å². The third-order valence-corrected chi connectivity index (χ3v) is 5.08. The lowest BCUT2D eigenvalue weighted by Crippen LogP contribution is -2.10. The minimum absolute atomic E-state index is 0.141. The second-order valence-electron chi connectivity index (χ2n) is 5.27. The number of aliphatic carboxylic acids is 1. The van der Waals surface area contributed by atoms with E-state index in [0.29, 0.717) is 12.8 Å². The Morgan fingerprint density at radius 3 is 2.45 bits per heavy atom. The molecule has 0 radical (unpaired) electrons. The molecule has 0 bridgehead atoms. The molecule has 0 amide bonds. The third-order valence-electron chi connectivity index (χ3n) is 3.43. The molecule has 5 nitrogen and oxygen atoms in total. The van der Waals surface area contributed by atoms with Gasteiger partial charge in [-0.2, -0.15) is 0 Å². The lowest BCUT2D eigenvalue weighted by Gasteiger charge is -2.05. The zero-order valence-electron chi connectivity index (χ0n) is 12.4. The Kier molecular flexibility index (Phi) is 5.03. The zero-order chi connectivity index (χ0) is 16.2. The van der Waals surface area contributed by atoms with E-state index >= 15 is 0 Å². The molecule has 1 aromatic carbocycles. The predicted molar refractivity (Wildman–Crippen MR) is 83.4 cm³/mol. The number of unbranched alkanes of at least 4 members (excludes halogenated alkanes) is 1. The van der Waals surface area contributed by atoms with Gasteiger partial charge in [-0.05, 0) is 49.9 Å². The molecule has 0 fully saturated rings. The van der Waals surface area contributed by atoms with Crippen molar-refractivity contribution in [3.05, 3.63) is 53.9 Å². The molecule has 22 heavy (non-hydrogen) atoms. The van der Waals surface area contributed by atoms with Gasteiger partial charge in [0.2, 0.25) is 0 Å². The Morgan fingerprint density at radius 2 is 1.82 bits per heavy atom. The summed E-state index contributed by atoms with van der Waals surface area (Å²) in [4.78, 5) is 10.7. The van der Waals surface area contributed by atoms with Crippen LogP contribution in [-0.4, -0.2) is 23.5 Å². The summed E-state index contributed by atoms with van der Waals surface area (Å²) in [6.45, 7) is 1.90. The van der Waals surface area contributed by atoms with Crippen molar-refractivity contribution >= 4 is 16.0 Å². The van der Waals surface area contributed by atoms with Gasteiger partial charge < -0.3 is 5.11 Å². The van der Waals surface area contributed by atoms with Crippen molar-refractivity contribution in [2.75, 3.05) is 0 Å². The summed E-state index contributed by atoms with van der Waals surface area (Å²) in [7, 11) is -3.56. The van der Waals surface area contributed by atoms with Crippen LogP contribution in [-0.2, 0) is 21.2 Å². The van der Waals surface area contributed by atoms with Crippen LogP contribution in [0.5, 0.6) is 0 Å². The monoisotopic (exact) mass is 321 g/mol. The molecule has 0 unspecified atom stereocenters. The van der Waals surface area contributed by atoms with Crippen molar-refractivity contribution in [2.45, 2.75) is 37.5 Å². The maximum atomic E-state index is 12.5. The van der Waals surface area contributed by atoms with E-state index in [1.54, 1.807) is 36.5 Å². The molecule has 6 heteroatoms. The molecule has 118 valence electrons. The summed E-state index contributed by atoms with van der Waals surface area (Å²) in [5, 5.41) is 8.58. The molecule has 1 heterocycles. The molecule has 0 aliphatic heterocycles. The number of aromatic nitrogens is 1. The molecule has 0 saturated carbocycles. The van der Waals surface area contributed by atoms with E-state index in [9.17, 15) is 13.2 Å². The average molecular weight is 321 g/mol. The van der Waals surface area contributed by atoms with Crippen LogP contribution in [0.2, 0.25) is 0 Å². The fourth-order valence-electron chi connectivity index (χ4n) is 2.15. The minimum atomic E-state index is -3.56. The Balaban J connectivity index is 2.06. The van der Waals surface area contributed by atoms with Crippen LogP contribution >= 0.6 is 0 Å². The molecular formula is C16H19NO4S. The Hall–Kier alpha value is -2.08. The SMILES string of the molecule is Cc1ccc(S(=O)(=O)n2ccc(CCCCC(=O)O)c2)cc1. The summed E-state index contributed by atoms with van der Waals surface area (Å²) in [6, 6.07) is 8.48. The fraction of sp³-hybridized carbons (Fsp3) is 0.312. The van der Waals surface area contributed by atoms with Gasteiger partial charge in [0.25, 0.3) is 10.0 Å². The first-order valence-electron chi connectivity index (χ1n) is 7.10. The zero-order valence-corrected chi connectivity index (χ0v) is 13.2. The van der Waals surface area contributed by atoms with Gasteiger partial charge in [-0.25, -0.2) is 12.4 Å². The topological polar surface area (TPSA) is 76.4 Å². The van der Waals surface area contributed by atoms with Crippen molar-refractivity contribution in [1.82, 2.24) is 3.97 Å². The van der Waals surface area contributed by atoms with Crippen LogP contribution < -0.4 is 0 Å². The van der Waals surface area contributed by atoms with Crippen LogP contribution in [0.25, 0.3) is 0 Å². The van der Waals surface area contributed by atoms with Crippen molar-refractivity contribution in [1.29, 1.82) is 0 Å². The molecule has 0 atom stereocenters. The standard InChI is InChI=1S/C16H19NO4S/c1-13-6-8-15(9-7-13)22(20,21)17-11-10-14(12-17)4-2-3-5-16(18)19/h6-12H,2-5H2,1H3,(H,18,19). The molecular weight excluding hydrogens is 302 g/mol. The molecule has 1 aromatic heterocycles. The highest BCUT2D eigenvalue weighted by Crippen LogP contribution is 2.17. The lowest BCUT2D eigenvalue weighted by atomic mass is 10.1. The van der Waals surface area contributed by atoms with Crippen molar-refractivity contribution in [2.24, 2.45) is 0 Å². The number of carboxylic acid groups (broad SMARTS) is 1. The molecule has 0 saturated heterocycles. The highest BCUT2D eigenvalue weighted by molar-refractivity contribution is 7.90. The number of hydrogen-bond donors (Lipinski definition) is 1. The largest absolute Gasteiger partial charge is 0.481 e. The highest BCUT2D eigenvalue weighted by atomic mass is 32.2. The number of nitrogens with zero attached hydrogens (tertiary/aromatic N) is 1. The van der Waals surface area contributed by atoms with E-state index in [2.05, 4.69) is 0 Å². The Labute approximate surface area is 130 Å². The van der Waals surface area contributed by atoms with Crippen LogP contribution in [0.3, 0.4) is 0 Å². The van der Waals surface area contributed by atoms with Crippen molar-refractivity contribution in [3.63, 3.8) is 0 Å². The van der Waals surface area contributed by atoms with Gasteiger partial charge in [0, 0.05) is 18.8 Å². The van der Waals surface area contributed by atoms with E-state index in [0.717, 1.165) is 17.5 Å². The minimum Gasteiger partial charge on any atom is -0.481 e. The van der Waals surface area contributed by atoms with Gasteiger partial charge in [-0.15, -0.1) is 0 Å². The Morgan fingerprint density at radius 1 is 1.14 bits per heavy atom. The second-order valence-corrected chi connectivity index (χ2v) is 7.11. The first-order valence-corrected chi connectivity index (χ1v) is 8.54. The second kappa shape index (κ2) is 6.79. The first-order chi connectivity index (χ1) is 10.4. The summed E-state index contributed by atoms with van der Waals surface area (Å²) in [5.41, 5.74) is 1.90. The summed E-state index contributed by atoms with van der Waals surface area (Å²) in [6.07, 6.45) is 5.25. The van der Waals surface area contributed by atoms with Crippen LogP contribution in [0.15, 0.2) is 47.6 Å². The average Bonchev–Trinajstić information content (AvgIpc) is 2.93. The molecule has 2 aromatic rings. The van der Waals surface area contributed by atoms with Gasteiger partial charge in [0.1, 0.15) is 0 Å². The number of carbonyl (C=O) groups is 1. The molecule has 0 aliphatic carbocycles. The predicted octanol–water partition coefficient (Wildman–Crippen LogP) is 2.83. The van der Waals surface area contributed by atoms with E-state index in [-0.39, 0.29) is 11.3 Å². The summed E-state index contributed by atoms with van der Waals surface area (Å²) in [5.74, 6) is -0.806. The van der Waals surface area contributed by atoms with Gasteiger partial charge in [-0.1, -0.05) is 17.7 Å². The van der Waals surface area contributed by atoms with E-state index in [4.69, 9.17) is 5.11 Å². The molecule has 0 spiro atoms. The summed E-state index contributed by atoms with van der Waals surface area (Å²) < 4.78 is 26.1. The van der Waals surface area contributed by atoms with E-state index < -0.39 is 16.0 Å². The van der Waals surface area contributed by atoms with Crippen molar-refractivity contribution < 1.29 is 18.3 Å². The van der Waals surface area contributed by atoms with Crippen LogP contribution in [0.1, 0.15) is 30.4 Å². The third kappa shape index (κ3) is 3.98. The maximum Gasteiger partial charge on any atom is 0.303 e. The van der Waals surface area contributed by atoms with Gasteiger partial charge in [-0.3, -0.25) is 4.79 Å². The van der Waals surface area contributed by atoms with Gasteiger partial charge >= 0.3 is 5.97 Å². The number of rotatable bonds is 7. The summed E-state index contributed by atoms with van der Waals surface area (Å²) >= 11 is 0. The van der Waals surface area contributed by atoms with Crippen molar-refractivity contribution in [3.8, 4) is 0 Å². The number of aryl methyl sites for hydroxylation is 2. The Bertz CT molecular complexity index is 745. The maximum absolute atomic E-state index is 12.5. The molecule has 2 rings (SSSR count). The number of hydrogen-bond acceptors (Lipinski definition) is 3. The number of carboxylic acids is 1. The van der Waals surface area contributed by atoms with Gasteiger partial charge in [0.05, 0.1) is 4.90 Å². The first kappa shape index (κ1) is 16.3. The fourth-order valence-corrected chi connectivity index (χ4v) is 3.37. The van der Waals surface area contributed by atoms with E-state index in [1.807, 2.05) is 6.92 Å². The molecule has 1 N–H and O–H groups in total.